The van der Waals surface area contributed by atoms with Gasteiger partial charge < -0.3 is 4.74 Å². The zero-order chi connectivity index (χ0) is 19.1. The van der Waals surface area contributed by atoms with Gasteiger partial charge in [-0.25, -0.2) is 4.39 Å². The Hall–Kier alpha value is -3.45. The van der Waals surface area contributed by atoms with Gasteiger partial charge in [-0.1, -0.05) is 66.7 Å². The summed E-state index contributed by atoms with van der Waals surface area (Å²) in [4.78, 5) is 4.70. The number of hydrogen-bond acceptors (Lipinski definition) is 3. The van der Waals surface area contributed by atoms with Gasteiger partial charge in [0.25, 0.3) is 0 Å². The van der Waals surface area contributed by atoms with Crippen LogP contribution in [0.5, 0.6) is 5.75 Å². The largest absolute Gasteiger partial charge is 0.494 e. The Morgan fingerprint density at radius 3 is 2.07 bits per heavy atom. The molecule has 3 aromatic rings. The molecule has 3 nitrogen and oxygen atoms in total. The highest BCUT2D eigenvalue weighted by Crippen LogP contribution is 2.20. The minimum Gasteiger partial charge on any atom is -0.494 e. The van der Waals surface area contributed by atoms with E-state index in [1.165, 1.54) is 13.2 Å². The van der Waals surface area contributed by atoms with Crippen LogP contribution in [0.4, 0.5) is 4.39 Å². The fourth-order valence-corrected chi connectivity index (χ4v) is 2.84. The molecule has 0 aliphatic heterocycles. The highest BCUT2D eigenvalue weighted by Gasteiger charge is 2.13. The standard InChI is InChI=1S/C23H19FN2O/c1-27-22-13-12-17(15-21(22)24)14-20(16-25)26-23(18-8-4-2-5-9-18)19-10-6-3-7-11-19/h2-13,15,20H,14H2,1H3. The molecule has 0 amide bonds. The number of benzene rings is 3. The molecule has 1 unspecified atom stereocenters. The molecule has 0 spiro atoms. The maximum Gasteiger partial charge on any atom is 0.165 e. The SMILES string of the molecule is COc1ccc(CC(C#N)N=C(c2ccccc2)c2ccccc2)cc1F. The number of methoxy groups -OCH3 is 1. The minimum absolute atomic E-state index is 0.185. The topological polar surface area (TPSA) is 45.4 Å². The van der Waals surface area contributed by atoms with Gasteiger partial charge in [0.15, 0.2) is 11.6 Å². The second kappa shape index (κ2) is 8.77. The lowest BCUT2D eigenvalue weighted by atomic mass is 10.0. The van der Waals surface area contributed by atoms with E-state index in [0.29, 0.717) is 12.0 Å². The maximum absolute atomic E-state index is 14.0. The van der Waals surface area contributed by atoms with Crippen LogP contribution in [0, 0.1) is 17.1 Å². The number of halogens is 1. The number of rotatable bonds is 6. The molecule has 0 saturated heterocycles. The summed E-state index contributed by atoms with van der Waals surface area (Å²) in [6, 6.07) is 25.8. The summed E-state index contributed by atoms with van der Waals surface area (Å²) in [5, 5.41) is 9.62. The van der Waals surface area contributed by atoms with Crippen LogP contribution in [0.15, 0.2) is 83.9 Å². The molecule has 0 aromatic heterocycles. The molecule has 0 saturated carbocycles. The first kappa shape index (κ1) is 18.3. The summed E-state index contributed by atoms with van der Waals surface area (Å²) in [7, 11) is 1.42. The van der Waals surface area contributed by atoms with Gasteiger partial charge in [0.05, 0.1) is 18.9 Å². The molecule has 0 bridgehead atoms. The van der Waals surface area contributed by atoms with E-state index in [-0.39, 0.29) is 5.75 Å². The van der Waals surface area contributed by atoms with E-state index in [1.807, 2.05) is 60.7 Å². The minimum atomic E-state index is -0.631. The summed E-state index contributed by atoms with van der Waals surface area (Å²) in [6.45, 7) is 0. The monoisotopic (exact) mass is 358 g/mol. The number of ether oxygens (including phenoxy) is 1. The van der Waals surface area contributed by atoms with Gasteiger partial charge in [0, 0.05) is 17.5 Å². The third kappa shape index (κ3) is 4.59. The van der Waals surface area contributed by atoms with Gasteiger partial charge in [0.2, 0.25) is 0 Å². The van der Waals surface area contributed by atoms with Crippen LogP contribution in [0.3, 0.4) is 0 Å². The molecule has 0 N–H and O–H groups in total. The van der Waals surface area contributed by atoms with Gasteiger partial charge in [-0.2, -0.15) is 5.26 Å². The van der Waals surface area contributed by atoms with Crippen molar-refractivity contribution in [1.29, 1.82) is 5.26 Å². The third-order valence-electron chi connectivity index (χ3n) is 4.17. The average Bonchev–Trinajstić information content (AvgIpc) is 2.72. The van der Waals surface area contributed by atoms with Crippen molar-refractivity contribution < 1.29 is 9.13 Å². The van der Waals surface area contributed by atoms with Crippen LogP contribution in [-0.2, 0) is 6.42 Å². The molecule has 0 aliphatic rings. The lowest BCUT2D eigenvalue weighted by Crippen LogP contribution is -2.12. The van der Waals surface area contributed by atoms with Crippen LogP contribution in [-0.4, -0.2) is 18.9 Å². The van der Waals surface area contributed by atoms with E-state index in [9.17, 15) is 9.65 Å². The zero-order valence-electron chi connectivity index (χ0n) is 15.0. The van der Waals surface area contributed by atoms with Crippen molar-refractivity contribution in [2.24, 2.45) is 4.99 Å². The Kier molecular flexibility index (Phi) is 5.96. The number of nitriles is 1. The molecule has 3 rings (SSSR count). The van der Waals surface area contributed by atoms with Gasteiger partial charge in [0.1, 0.15) is 6.04 Å². The average molecular weight is 358 g/mol. The molecule has 1 atom stereocenters. The Morgan fingerprint density at radius 2 is 1.59 bits per heavy atom. The van der Waals surface area contributed by atoms with E-state index in [0.717, 1.165) is 16.8 Å². The summed E-state index contributed by atoms with van der Waals surface area (Å²) >= 11 is 0. The van der Waals surface area contributed by atoms with Crippen molar-refractivity contribution in [3.63, 3.8) is 0 Å². The van der Waals surface area contributed by atoms with E-state index in [2.05, 4.69) is 6.07 Å². The summed E-state index contributed by atoms with van der Waals surface area (Å²) in [5.74, 6) is -0.257. The van der Waals surface area contributed by atoms with Gasteiger partial charge >= 0.3 is 0 Å². The van der Waals surface area contributed by atoms with Gasteiger partial charge in [-0.3, -0.25) is 4.99 Å². The molecule has 4 heteroatoms. The summed E-state index contributed by atoms with van der Waals surface area (Å²) < 4.78 is 18.9. The van der Waals surface area contributed by atoms with Crippen molar-refractivity contribution in [1.82, 2.24) is 0 Å². The van der Waals surface area contributed by atoms with Crippen molar-refractivity contribution in [3.05, 3.63) is 101 Å². The van der Waals surface area contributed by atoms with Crippen LogP contribution in [0.1, 0.15) is 16.7 Å². The highest BCUT2D eigenvalue weighted by atomic mass is 19.1. The first-order chi connectivity index (χ1) is 13.2. The second-order valence-corrected chi connectivity index (χ2v) is 6.03. The number of aliphatic imine (C=N–C) groups is 1. The fourth-order valence-electron chi connectivity index (χ4n) is 2.84. The van der Waals surface area contributed by atoms with Crippen molar-refractivity contribution in [2.45, 2.75) is 12.5 Å². The normalized spacial score (nSPS) is 11.3. The summed E-state index contributed by atoms with van der Waals surface area (Å²) in [5.41, 5.74) is 3.32. The van der Waals surface area contributed by atoms with E-state index >= 15 is 0 Å². The Morgan fingerprint density at radius 1 is 1.00 bits per heavy atom. The lowest BCUT2D eigenvalue weighted by molar-refractivity contribution is 0.386. The van der Waals surface area contributed by atoms with Crippen LogP contribution in [0.2, 0.25) is 0 Å². The fraction of sp³-hybridized carbons (Fsp3) is 0.130. The van der Waals surface area contributed by atoms with Crippen LogP contribution < -0.4 is 4.74 Å². The molecule has 3 aromatic carbocycles. The lowest BCUT2D eigenvalue weighted by Gasteiger charge is -2.12. The molecular formula is C23H19FN2O. The zero-order valence-corrected chi connectivity index (χ0v) is 15.0. The Balaban J connectivity index is 1.95. The molecule has 0 heterocycles. The van der Waals surface area contributed by atoms with E-state index in [4.69, 9.17) is 9.73 Å². The number of nitrogens with zero attached hydrogens (tertiary/aromatic N) is 2. The van der Waals surface area contributed by atoms with Crippen molar-refractivity contribution in [3.8, 4) is 11.8 Å². The van der Waals surface area contributed by atoms with Crippen molar-refractivity contribution in [2.75, 3.05) is 7.11 Å². The molecular weight excluding hydrogens is 339 g/mol. The molecule has 0 fully saturated rings. The maximum atomic E-state index is 14.0. The Bertz CT molecular complexity index is 921. The second-order valence-electron chi connectivity index (χ2n) is 6.03. The smallest absolute Gasteiger partial charge is 0.165 e. The third-order valence-corrected chi connectivity index (χ3v) is 4.17. The predicted molar refractivity (Wildman–Crippen MR) is 105 cm³/mol. The van der Waals surface area contributed by atoms with Crippen molar-refractivity contribution >= 4 is 5.71 Å². The molecule has 0 radical (unpaired) electrons. The molecule has 27 heavy (non-hydrogen) atoms. The number of hydrogen-bond donors (Lipinski definition) is 0. The Labute approximate surface area is 158 Å². The highest BCUT2D eigenvalue weighted by molar-refractivity contribution is 6.13. The first-order valence-corrected chi connectivity index (χ1v) is 8.62. The van der Waals surface area contributed by atoms with Gasteiger partial charge in [-0.15, -0.1) is 0 Å². The predicted octanol–water partition coefficient (Wildman–Crippen LogP) is 4.81. The van der Waals surface area contributed by atoms with Gasteiger partial charge in [-0.05, 0) is 17.7 Å². The first-order valence-electron chi connectivity index (χ1n) is 8.62. The van der Waals surface area contributed by atoms with E-state index < -0.39 is 11.9 Å². The van der Waals surface area contributed by atoms with E-state index in [1.54, 1.807) is 12.1 Å². The molecule has 0 aliphatic carbocycles. The summed E-state index contributed by atoms with van der Waals surface area (Å²) in [6.07, 6.45) is 0.320. The molecule has 134 valence electrons. The van der Waals surface area contributed by atoms with Crippen LogP contribution >= 0.6 is 0 Å². The van der Waals surface area contributed by atoms with Crippen LogP contribution in [0.25, 0.3) is 0 Å². The quantitative estimate of drug-likeness (QED) is 0.594.